The number of hydrogen-bond acceptors (Lipinski definition) is 7. The van der Waals surface area contributed by atoms with Crippen LogP contribution < -0.4 is 5.32 Å². The number of nitrogens with zero attached hydrogens (tertiary/aromatic N) is 3. The number of nitrogens with one attached hydrogen (secondary N) is 1. The molecule has 1 saturated heterocycles. The van der Waals surface area contributed by atoms with Gasteiger partial charge in [0.25, 0.3) is 0 Å². The predicted molar refractivity (Wildman–Crippen MR) is 149 cm³/mol. The number of thioether (sulfide) groups is 1. The normalized spacial score (nSPS) is 16.2. The zero-order valence-corrected chi connectivity index (χ0v) is 22.3. The van der Waals surface area contributed by atoms with Crippen molar-refractivity contribution in [2.45, 2.75) is 30.6 Å². The highest BCUT2D eigenvalue weighted by molar-refractivity contribution is 7.99. The monoisotopic (exact) mass is 558 g/mol. The molecule has 1 N–H and O–H groups in total. The molecule has 1 aliphatic carbocycles. The Morgan fingerprint density at radius 2 is 1.69 bits per heavy atom. The van der Waals surface area contributed by atoms with Crippen molar-refractivity contribution in [3.63, 3.8) is 0 Å². The van der Waals surface area contributed by atoms with E-state index in [1.165, 1.54) is 11.8 Å². The minimum absolute atomic E-state index is 0.0566. The summed E-state index contributed by atoms with van der Waals surface area (Å²) in [6.45, 7) is 1.31. The molecule has 10 heteroatoms. The minimum Gasteiger partial charge on any atom is -0.376 e. The molecule has 1 aliphatic heterocycles. The van der Waals surface area contributed by atoms with Gasteiger partial charge in [0.2, 0.25) is 5.91 Å². The Morgan fingerprint density at radius 3 is 2.41 bits per heavy atom. The number of fused-ring (bicyclic) bond motifs is 2. The average molecular weight is 559 g/mol. The van der Waals surface area contributed by atoms with Crippen LogP contribution in [0, 0.1) is 0 Å². The molecule has 0 spiro atoms. The summed E-state index contributed by atoms with van der Waals surface area (Å²) in [7, 11) is 0. The van der Waals surface area contributed by atoms with Crippen molar-refractivity contribution in [1.82, 2.24) is 14.8 Å². The summed E-state index contributed by atoms with van der Waals surface area (Å²) in [6, 6.07) is 18.9. The van der Waals surface area contributed by atoms with Crippen LogP contribution in [0.2, 0.25) is 5.02 Å². The molecular weight excluding hydrogens is 536 g/mol. The lowest BCUT2D eigenvalue weighted by Crippen LogP contribution is -2.22. The van der Waals surface area contributed by atoms with E-state index in [-0.39, 0.29) is 34.9 Å². The standard InChI is InChI=1S/C29H23ClN4O4S/c30-18-9-7-17(8-10-18)28-32-33-29(34(28)15-20-4-3-13-38-20)39-16-25(35)31-19-11-12-23-24(14-19)27(37)22-6-2-1-5-21(22)26(23)36/h1-2,5-12,14,20H,3-4,13,15-16H2,(H,31,35). The summed E-state index contributed by atoms with van der Waals surface area (Å²) < 4.78 is 7.83. The number of amides is 1. The van der Waals surface area contributed by atoms with Crippen LogP contribution in [0.3, 0.4) is 0 Å². The molecule has 1 aromatic heterocycles. The van der Waals surface area contributed by atoms with E-state index in [1.807, 2.05) is 16.7 Å². The summed E-state index contributed by atoms with van der Waals surface area (Å²) >= 11 is 7.33. The second-order valence-corrected chi connectivity index (χ2v) is 10.7. The molecule has 1 fully saturated rings. The van der Waals surface area contributed by atoms with E-state index >= 15 is 0 Å². The Labute approximate surface area is 233 Å². The van der Waals surface area contributed by atoms with Gasteiger partial charge in [0.15, 0.2) is 22.5 Å². The van der Waals surface area contributed by atoms with Crippen LogP contribution >= 0.6 is 23.4 Å². The smallest absolute Gasteiger partial charge is 0.234 e. The maximum absolute atomic E-state index is 13.0. The van der Waals surface area contributed by atoms with E-state index in [4.69, 9.17) is 16.3 Å². The molecule has 4 aromatic rings. The Bertz CT molecular complexity index is 1600. The van der Waals surface area contributed by atoms with Gasteiger partial charge in [-0.05, 0) is 55.3 Å². The van der Waals surface area contributed by atoms with Crippen LogP contribution in [0.1, 0.15) is 44.7 Å². The van der Waals surface area contributed by atoms with Gasteiger partial charge in [-0.1, -0.05) is 47.6 Å². The first kappa shape index (κ1) is 25.5. The zero-order chi connectivity index (χ0) is 26.9. The topological polar surface area (TPSA) is 103 Å². The molecule has 8 nitrogen and oxygen atoms in total. The van der Waals surface area contributed by atoms with Gasteiger partial charge in [-0.3, -0.25) is 19.0 Å². The van der Waals surface area contributed by atoms with Gasteiger partial charge in [-0.2, -0.15) is 0 Å². The average Bonchev–Trinajstić information content (AvgIpc) is 3.61. The molecule has 2 heterocycles. The molecule has 196 valence electrons. The summed E-state index contributed by atoms with van der Waals surface area (Å²) in [4.78, 5) is 38.8. The van der Waals surface area contributed by atoms with Crippen molar-refractivity contribution in [2.24, 2.45) is 0 Å². The lowest BCUT2D eigenvalue weighted by Gasteiger charge is -2.18. The number of ketones is 2. The van der Waals surface area contributed by atoms with Crippen LogP contribution in [0.25, 0.3) is 11.4 Å². The van der Waals surface area contributed by atoms with Gasteiger partial charge < -0.3 is 10.1 Å². The lowest BCUT2D eigenvalue weighted by atomic mass is 9.84. The first-order valence-electron chi connectivity index (χ1n) is 12.5. The van der Waals surface area contributed by atoms with E-state index in [0.717, 1.165) is 25.0 Å². The SMILES string of the molecule is O=C(CSc1nnc(-c2ccc(Cl)cc2)n1CC1CCCO1)Nc1ccc2c(c1)C(=O)c1ccccc1C2=O. The molecule has 1 atom stereocenters. The van der Waals surface area contributed by atoms with Crippen LogP contribution in [-0.4, -0.2) is 50.7 Å². The van der Waals surface area contributed by atoms with Crippen LogP contribution in [0.15, 0.2) is 71.9 Å². The maximum Gasteiger partial charge on any atom is 0.234 e. The molecule has 0 saturated carbocycles. The first-order valence-corrected chi connectivity index (χ1v) is 13.9. The fourth-order valence-corrected chi connectivity index (χ4v) is 5.74. The number of ether oxygens (including phenoxy) is 1. The summed E-state index contributed by atoms with van der Waals surface area (Å²) in [5.41, 5.74) is 2.71. The zero-order valence-electron chi connectivity index (χ0n) is 20.7. The van der Waals surface area contributed by atoms with Crippen LogP contribution in [0.5, 0.6) is 0 Å². The molecule has 6 rings (SSSR count). The number of carbonyl (C=O) groups excluding carboxylic acids is 3. The van der Waals surface area contributed by atoms with Gasteiger partial charge >= 0.3 is 0 Å². The van der Waals surface area contributed by atoms with Crippen molar-refractivity contribution in [2.75, 3.05) is 17.7 Å². The highest BCUT2D eigenvalue weighted by Gasteiger charge is 2.29. The van der Waals surface area contributed by atoms with Gasteiger partial charge in [-0.15, -0.1) is 10.2 Å². The number of carbonyl (C=O) groups is 3. The van der Waals surface area contributed by atoms with Gasteiger partial charge in [0.1, 0.15) is 0 Å². The maximum atomic E-state index is 13.0. The number of rotatable bonds is 7. The Kier molecular flexibility index (Phi) is 7.03. The molecule has 1 amide bonds. The Balaban J connectivity index is 1.18. The van der Waals surface area contributed by atoms with Crippen molar-refractivity contribution >= 4 is 46.5 Å². The number of aromatic nitrogens is 3. The fourth-order valence-electron chi connectivity index (χ4n) is 4.87. The van der Waals surface area contributed by atoms with E-state index in [9.17, 15) is 14.4 Å². The third kappa shape index (κ3) is 5.13. The van der Waals surface area contributed by atoms with Gasteiger partial charge in [0.05, 0.1) is 18.4 Å². The quantitative estimate of drug-likeness (QED) is 0.271. The third-order valence-corrected chi connectivity index (χ3v) is 7.99. The van der Waals surface area contributed by atoms with E-state index in [2.05, 4.69) is 15.5 Å². The summed E-state index contributed by atoms with van der Waals surface area (Å²) in [5, 5.41) is 12.8. The second-order valence-electron chi connectivity index (χ2n) is 9.36. The predicted octanol–water partition coefficient (Wildman–Crippen LogP) is 5.28. The molecule has 0 bridgehead atoms. The first-order chi connectivity index (χ1) is 19.0. The Morgan fingerprint density at radius 1 is 0.974 bits per heavy atom. The van der Waals surface area contributed by atoms with Crippen molar-refractivity contribution in [3.05, 3.63) is 94.0 Å². The van der Waals surface area contributed by atoms with E-state index < -0.39 is 0 Å². The highest BCUT2D eigenvalue weighted by atomic mass is 35.5. The fraction of sp³-hybridized carbons (Fsp3) is 0.207. The molecule has 2 aliphatic rings. The minimum atomic E-state index is -0.269. The molecule has 3 aromatic carbocycles. The van der Waals surface area contributed by atoms with Crippen molar-refractivity contribution in [3.8, 4) is 11.4 Å². The summed E-state index contributed by atoms with van der Waals surface area (Å²) in [5.74, 6) is 0.0630. The van der Waals surface area contributed by atoms with Gasteiger partial charge in [0, 0.05) is 45.1 Å². The number of anilines is 1. The van der Waals surface area contributed by atoms with Crippen molar-refractivity contribution in [1.29, 1.82) is 0 Å². The van der Waals surface area contributed by atoms with Crippen LogP contribution in [-0.2, 0) is 16.1 Å². The number of hydrogen-bond donors (Lipinski definition) is 1. The molecular formula is C29H23ClN4O4S. The van der Waals surface area contributed by atoms with Crippen molar-refractivity contribution < 1.29 is 19.1 Å². The number of halogens is 1. The van der Waals surface area contributed by atoms with E-state index in [0.29, 0.717) is 44.9 Å². The highest BCUT2D eigenvalue weighted by Crippen LogP contribution is 2.30. The Hall–Kier alpha value is -3.79. The van der Waals surface area contributed by atoms with Gasteiger partial charge in [-0.25, -0.2) is 0 Å². The summed E-state index contributed by atoms with van der Waals surface area (Å²) in [6.07, 6.45) is 2.02. The van der Waals surface area contributed by atoms with Crippen LogP contribution in [0.4, 0.5) is 5.69 Å². The number of benzene rings is 3. The van der Waals surface area contributed by atoms with E-state index in [1.54, 1.807) is 54.6 Å². The molecule has 0 radical (unpaired) electrons. The molecule has 1 unspecified atom stereocenters. The third-order valence-electron chi connectivity index (χ3n) is 6.77. The molecule has 39 heavy (non-hydrogen) atoms. The largest absolute Gasteiger partial charge is 0.376 e. The lowest BCUT2D eigenvalue weighted by molar-refractivity contribution is -0.113. The second kappa shape index (κ2) is 10.8.